The maximum Gasteiger partial charge on any atom is 0.230 e. The highest BCUT2D eigenvalue weighted by Crippen LogP contribution is 2.26. The molecule has 0 unspecified atom stereocenters. The lowest BCUT2D eigenvalue weighted by Gasteiger charge is -2.28. The van der Waals surface area contributed by atoms with Crippen LogP contribution < -0.4 is 16.0 Å². The maximum absolute atomic E-state index is 12.8. The monoisotopic (exact) mass is 398 g/mol. The Hall–Kier alpha value is -2.77. The summed E-state index contributed by atoms with van der Waals surface area (Å²) in [4.78, 5) is 37.6. The summed E-state index contributed by atoms with van der Waals surface area (Å²) in [5.74, 6) is 0.667. The number of anilines is 2. The molecular formula is C21H30N6O2. The molecule has 8 heteroatoms. The van der Waals surface area contributed by atoms with Crippen molar-refractivity contribution < 1.29 is 9.59 Å². The number of carbonyl (C=O) groups is 2. The standard InChI is InChI=1S/C21H30N6O2/c1-5-16-10-15-11-22-21(26-18(15)19(25-16)23-12(2)3)27-20(29)14-7-6-8-17(9-14)24-13(4)28/h10-12,14,17H,5-9H2,1-4H3,(H,23,25)(H,24,28)(H,22,26,27,29)/t14-,17+/m0/s1. The SMILES string of the molecule is CCc1cc2cnc(NC(=O)[C@H]3CCC[C@@H](NC(C)=O)C3)nc2c(NC(C)C)n1. The van der Waals surface area contributed by atoms with Gasteiger partial charge in [0.25, 0.3) is 0 Å². The van der Waals surface area contributed by atoms with E-state index in [1.54, 1.807) is 6.20 Å². The van der Waals surface area contributed by atoms with E-state index < -0.39 is 0 Å². The number of fused-ring (bicyclic) bond motifs is 1. The van der Waals surface area contributed by atoms with Crippen molar-refractivity contribution in [3.05, 3.63) is 18.0 Å². The molecule has 1 aliphatic rings. The van der Waals surface area contributed by atoms with E-state index in [0.717, 1.165) is 36.8 Å². The molecule has 2 aromatic rings. The first-order valence-corrected chi connectivity index (χ1v) is 10.4. The number of rotatable bonds is 6. The highest BCUT2D eigenvalue weighted by atomic mass is 16.2. The van der Waals surface area contributed by atoms with Crippen LogP contribution in [0.3, 0.4) is 0 Å². The lowest BCUT2D eigenvalue weighted by Crippen LogP contribution is -2.40. The fraction of sp³-hybridized carbons (Fsp3) is 0.571. The topological polar surface area (TPSA) is 109 Å². The molecule has 3 rings (SSSR count). The van der Waals surface area contributed by atoms with Crippen LogP contribution in [-0.4, -0.2) is 38.8 Å². The number of aromatic nitrogens is 3. The van der Waals surface area contributed by atoms with Gasteiger partial charge in [0.15, 0.2) is 5.82 Å². The van der Waals surface area contributed by atoms with Gasteiger partial charge < -0.3 is 10.6 Å². The second-order valence-corrected chi connectivity index (χ2v) is 8.00. The zero-order chi connectivity index (χ0) is 21.0. The Morgan fingerprint density at radius 2 is 2.03 bits per heavy atom. The van der Waals surface area contributed by atoms with Crippen LogP contribution in [0.15, 0.2) is 12.3 Å². The van der Waals surface area contributed by atoms with Gasteiger partial charge in [-0.15, -0.1) is 0 Å². The average Bonchev–Trinajstić information content (AvgIpc) is 2.67. The Morgan fingerprint density at radius 1 is 1.24 bits per heavy atom. The molecule has 1 fully saturated rings. The van der Waals surface area contributed by atoms with E-state index in [9.17, 15) is 9.59 Å². The average molecular weight is 399 g/mol. The summed E-state index contributed by atoms with van der Waals surface area (Å²) < 4.78 is 0. The maximum atomic E-state index is 12.8. The van der Waals surface area contributed by atoms with Gasteiger partial charge in [0.05, 0.1) is 0 Å². The molecule has 8 nitrogen and oxygen atoms in total. The van der Waals surface area contributed by atoms with Crippen LogP contribution in [0.2, 0.25) is 0 Å². The lowest BCUT2D eigenvalue weighted by molar-refractivity contribution is -0.123. The highest BCUT2D eigenvalue weighted by Gasteiger charge is 2.28. The molecule has 1 saturated carbocycles. The summed E-state index contributed by atoms with van der Waals surface area (Å²) in [5.41, 5.74) is 1.66. The molecule has 3 N–H and O–H groups in total. The number of nitrogens with zero attached hydrogens (tertiary/aromatic N) is 3. The first-order chi connectivity index (χ1) is 13.9. The number of hydrogen-bond donors (Lipinski definition) is 3. The minimum absolute atomic E-state index is 0.0491. The molecular weight excluding hydrogens is 368 g/mol. The van der Waals surface area contributed by atoms with E-state index >= 15 is 0 Å². The number of amides is 2. The van der Waals surface area contributed by atoms with Gasteiger partial charge in [-0.1, -0.05) is 13.3 Å². The largest absolute Gasteiger partial charge is 0.366 e. The van der Waals surface area contributed by atoms with Crippen LogP contribution in [0.5, 0.6) is 0 Å². The molecule has 2 atom stereocenters. The van der Waals surface area contributed by atoms with E-state index in [4.69, 9.17) is 0 Å². The summed E-state index contributed by atoms with van der Waals surface area (Å²) in [5, 5.41) is 10.0. The predicted molar refractivity (Wildman–Crippen MR) is 114 cm³/mol. The smallest absolute Gasteiger partial charge is 0.230 e. The first-order valence-electron chi connectivity index (χ1n) is 10.4. The van der Waals surface area contributed by atoms with Crippen LogP contribution in [-0.2, 0) is 16.0 Å². The summed E-state index contributed by atoms with van der Waals surface area (Å²) in [7, 11) is 0. The number of aryl methyl sites for hydroxylation is 1. The summed E-state index contributed by atoms with van der Waals surface area (Å²) >= 11 is 0. The van der Waals surface area contributed by atoms with Crippen LogP contribution in [0.1, 0.15) is 59.1 Å². The highest BCUT2D eigenvalue weighted by molar-refractivity contribution is 5.93. The minimum atomic E-state index is -0.159. The molecule has 0 aliphatic heterocycles. The van der Waals surface area contributed by atoms with Gasteiger partial charge in [-0.3, -0.25) is 14.9 Å². The number of pyridine rings is 1. The first kappa shape index (κ1) is 21.0. The van der Waals surface area contributed by atoms with E-state index in [1.165, 1.54) is 6.92 Å². The normalized spacial score (nSPS) is 19.2. The third kappa shape index (κ3) is 5.40. The van der Waals surface area contributed by atoms with E-state index in [-0.39, 0.29) is 35.8 Å². The quantitative estimate of drug-likeness (QED) is 0.690. The van der Waals surface area contributed by atoms with Crippen LogP contribution in [0.4, 0.5) is 11.8 Å². The molecule has 2 heterocycles. The number of nitrogens with one attached hydrogen (secondary N) is 3. The van der Waals surface area contributed by atoms with Crippen molar-refractivity contribution in [2.75, 3.05) is 10.6 Å². The van der Waals surface area contributed by atoms with Crippen LogP contribution >= 0.6 is 0 Å². The summed E-state index contributed by atoms with van der Waals surface area (Å²) in [6.07, 6.45) is 5.81. The van der Waals surface area contributed by atoms with E-state index in [1.807, 2.05) is 19.9 Å². The zero-order valence-corrected chi connectivity index (χ0v) is 17.6. The van der Waals surface area contributed by atoms with Gasteiger partial charge in [-0.25, -0.2) is 15.0 Å². The van der Waals surface area contributed by atoms with Gasteiger partial charge in [0.2, 0.25) is 17.8 Å². The third-order valence-corrected chi connectivity index (χ3v) is 5.09. The Bertz CT molecular complexity index is 898. The minimum Gasteiger partial charge on any atom is -0.366 e. The van der Waals surface area contributed by atoms with Crippen LogP contribution in [0, 0.1) is 5.92 Å². The van der Waals surface area contributed by atoms with E-state index in [2.05, 4.69) is 37.8 Å². The lowest BCUT2D eigenvalue weighted by atomic mass is 9.85. The van der Waals surface area contributed by atoms with Gasteiger partial charge in [0, 0.05) is 42.2 Å². The van der Waals surface area contributed by atoms with Crippen molar-refractivity contribution in [3.8, 4) is 0 Å². The molecule has 0 bridgehead atoms. The van der Waals surface area contributed by atoms with Crippen molar-refractivity contribution in [1.82, 2.24) is 20.3 Å². The molecule has 0 spiro atoms. The zero-order valence-electron chi connectivity index (χ0n) is 17.6. The Balaban J connectivity index is 1.79. The fourth-order valence-electron chi connectivity index (χ4n) is 3.77. The Labute approximate surface area is 171 Å². The molecule has 2 aromatic heterocycles. The molecule has 1 aliphatic carbocycles. The molecule has 156 valence electrons. The number of carbonyl (C=O) groups excluding carboxylic acids is 2. The van der Waals surface area contributed by atoms with Gasteiger partial charge in [0.1, 0.15) is 5.52 Å². The summed E-state index contributed by atoms with van der Waals surface area (Å²) in [6, 6.07) is 2.23. The molecule has 29 heavy (non-hydrogen) atoms. The second-order valence-electron chi connectivity index (χ2n) is 8.00. The molecule has 2 amide bonds. The molecule has 0 saturated heterocycles. The van der Waals surface area contributed by atoms with Gasteiger partial charge in [-0.2, -0.15) is 0 Å². The third-order valence-electron chi connectivity index (χ3n) is 5.09. The van der Waals surface area contributed by atoms with Crippen molar-refractivity contribution in [2.24, 2.45) is 5.92 Å². The fourth-order valence-corrected chi connectivity index (χ4v) is 3.77. The Kier molecular flexibility index (Phi) is 6.61. The summed E-state index contributed by atoms with van der Waals surface area (Å²) in [6.45, 7) is 7.66. The van der Waals surface area contributed by atoms with E-state index in [0.29, 0.717) is 17.8 Å². The Morgan fingerprint density at radius 3 is 2.72 bits per heavy atom. The molecule has 0 aromatic carbocycles. The van der Waals surface area contributed by atoms with Crippen molar-refractivity contribution in [1.29, 1.82) is 0 Å². The van der Waals surface area contributed by atoms with Gasteiger partial charge in [-0.05, 0) is 45.6 Å². The second kappa shape index (κ2) is 9.15. The predicted octanol–water partition coefficient (Wildman–Crippen LogP) is 3.04. The number of hydrogen-bond acceptors (Lipinski definition) is 6. The molecule has 0 radical (unpaired) electrons. The van der Waals surface area contributed by atoms with Crippen molar-refractivity contribution in [3.63, 3.8) is 0 Å². The van der Waals surface area contributed by atoms with Gasteiger partial charge >= 0.3 is 0 Å². The van der Waals surface area contributed by atoms with Crippen molar-refractivity contribution >= 4 is 34.5 Å². The van der Waals surface area contributed by atoms with Crippen LogP contribution in [0.25, 0.3) is 10.9 Å². The van der Waals surface area contributed by atoms with Crippen molar-refractivity contribution in [2.45, 2.75) is 71.9 Å².